The second-order valence-corrected chi connectivity index (χ2v) is 8.03. The minimum absolute atomic E-state index is 0.0929. The Hall–Kier alpha value is -1.36. The van der Waals surface area contributed by atoms with Crippen LogP contribution in [-0.4, -0.2) is 24.1 Å². The molecule has 6 unspecified atom stereocenters. The molecular formula is C18H29NO4. The van der Waals surface area contributed by atoms with Crippen molar-refractivity contribution in [1.82, 2.24) is 0 Å². The molecule has 0 aromatic heterocycles. The molecular weight excluding hydrogens is 294 g/mol. The largest absolute Gasteiger partial charge is 0.460 e. The van der Waals surface area contributed by atoms with E-state index < -0.39 is 17.4 Å². The number of rotatable bonds is 4. The highest BCUT2D eigenvalue weighted by molar-refractivity contribution is 5.84. The maximum absolute atomic E-state index is 12.7. The first-order valence-corrected chi connectivity index (χ1v) is 8.39. The van der Waals surface area contributed by atoms with Gasteiger partial charge in [0.05, 0.1) is 18.4 Å². The van der Waals surface area contributed by atoms with Crippen LogP contribution in [0.2, 0.25) is 0 Å². The van der Waals surface area contributed by atoms with Crippen LogP contribution in [-0.2, 0) is 19.1 Å². The van der Waals surface area contributed by atoms with Gasteiger partial charge >= 0.3 is 11.9 Å². The molecule has 0 spiro atoms. The van der Waals surface area contributed by atoms with Crippen molar-refractivity contribution in [2.24, 2.45) is 41.2 Å². The van der Waals surface area contributed by atoms with Crippen LogP contribution in [0.1, 0.15) is 41.0 Å². The van der Waals surface area contributed by atoms with Gasteiger partial charge < -0.3 is 15.2 Å². The van der Waals surface area contributed by atoms with E-state index in [0.29, 0.717) is 11.8 Å². The summed E-state index contributed by atoms with van der Waals surface area (Å²) in [6.45, 7) is 13.6. The average molecular weight is 323 g/mol. The molecule has 0 aromatic carbocycles. The van der Waals surface area contributed by atoms with Crippen molar-refractivity contribution in [3.05, 3.63) is 12.3 Å². The summed E-state index contributed by atoms with van der Waals surface area (Å²) in [6.07, 6.45) is 0.876. The van der Waals surface area contributed by atoms with Crippen molar-refractivity contribution in [2.75, 3.05) is 6.54 Å². The van der Waals surface area contributed by atoms with Crippen LogP contribution in [0.4, 0.5) is 0 Å². The van der Waals surface area contributed by atoms with Gasteiger partial charge in [-0.25, -0.2) is 0 Å². The SMILES string of the molecule is C=C(CN)OC(=O)C1C2CC(C(C)C2C)C1C(=O)OC(C)(C)C. The summed E-state index contributed by atoms with van der Waals surface area (Å²) in [5, 5.41) is 0. The summed E-state index contributed by atoms with van der Waals surface area (Å²) < 4.78 is 10.8. The van der Waals surface area contributed by atoms with E-state index in [4.69, 9.17) is 15.2 Å². The molecule has 2 bridgehead atoms. The summed E-state index contributed by atoms with van der Waals surface area (Å²) in [5.74, 6) is -0.193. The van der Waals surface area contributed by atoms with Crippen LogP contribution in [0.25, 0.3) is 0 Å². The number of nitrogens with two attached hydrogens (primary N) is 1. The zero-order valence-electron chi connectivity index (χ0n) is 14.8. The standard InChI is InChI=1S/C18H29NO4/c1-9(8-19)22-16(20)14-12-7-13(11(3)10(12)2)15(14)17(21)23-18(4,5)6/h10-15H,1,7-8,19H2,2-6H3. The van der Waals surface area contributed by atoms with Gasteiger partial charge in [0.1, 0.15) is 11.4 Å². The lowest BCUT2D eigenvalue weighted by Gasteiger charge is -2.37. The zero-order chi connectivity index (χ0) is 17.5. The molecule has 6 atom stereocenters. The van der Waals surface area contributed by atoms with E-state index in [-0.39, 0.29) is 36.1 Å². The Morgan fingerprint density at radius 3 is 2.00 bits per heavy atom. The van der Waals surface area contributed by atoms with Gasteiger partial charge in [0.25, 0.3) is 0 Å². The molecule has 0 heterocycles. The van der Waals surface area contributed by atoms with Crippen molar-refractivity contribution >= 4 is 11.9 Å². The zero-order valence-corrected chi connectivity index (χ0v) is 14.8. The highest BCUT2D eigenvalue weighted by atomic mass is 16.6. The normalized spacial score (nSPS) is 35.9. The highest BCUT2D eigenvalue weighted by Gasteiger charge is 2.61. The van der Waals surface area contributed by atoms with Crippen LogP contribution < -0.4 is 5.73 Å². The molecule has 0 amide bonds. The molecule has 2 saturated carbocycles. The van der Waals surface area contributed by atoms with Gasteiger partial charge in [0, 0.05) is 0 Å². The second-order valence-electron chi connectivity index (χ2n) is 8.03. The lowest BCUT2D eigenvalue weighted by Crippen LogP contribution is -2.44. The summed E-state index contributed by atoms with van der Waals surface area (Å²) in [5.41, 5.74) is 4.89. The van der Waals surface area contributed by atoms with Gasteiger partial charge in [-0.1, -0.05) is 20.4 Å². The molecule has 0 saturated heterocycles. The molecule has 0 aliphatic heterocycles. The monoisotopic (exact) mass is 323 g/mol. The average Bonchev–Trinajstić information content (AvgIpc) is 2.94. The molecule has 2 rings (SSSR count). The van der Waals surface area contributed by atoms with Crippen LogP contribution in [0.5, 0.6) is 0 Å². The molecule has 0 aromatic rings. The molecule has 0 radical (unpaired) electrons. The Morgan fingerprint density at radius 1 is 1.09 bits per heavy atom. The third-order valence-electron chi connectivity index (χ3n) is 5.46. The predicted molar refractivity (Wildman–Crippen MR) is 87.0 cm³/mol. The third-order valence-corrected chi connectivity index (χ3v) is 5.46. The van der Waals surface area contributed by atoms with E-state index in [1.807, 2.05) is 20.8 Å². The molecule has 5 nitrogen and oxygen atoms in total. The van der Waals surface area contributed by atoms with E-state index in [1.54, 1.807) is 0 Å². The number of hydrogen-bond donors (Lipinski definition) is 1. The van der Waals surface area contributed by atoms with Gasteiger partial charge in [0.15, 0.2) is 0 Å². The summed E-state index contributed by atoms with van der Waals surface area (Å²) in [6, 6.07) is 0. The molecule has 2 fully saturated rings. The Balaban J connectivity index is 2.24. The quantitative estimate of drug-likeness (QED) is 0.635. The Morgan fingerprint density at radius 2 is 1.57 bits per heavy atom. The van der Waals surface area contributed by atoms with E-state index >= 15 is 0 Å². The smallest absolute Gasteiger partial charge is 0.315 e. The van der Waals surface area contributed by atoms with Gasteiger partial charge in [-0.05, 0) is 50.9 Å². The molecule has 130 valence electrons. The van der Waals surface area contributed by atoms with Crippen LogP contribution in [0.3, 0.4) is 0 Å². The number of fused-ring (bicyclic) bond motifs is 2. The van der Waals surface area contributed by atoms with Crippen molar-refractivity contribution < 1.29 is 19.1 Å². The van der Waals surface area contributed by atoms with Gasteiger partial charge in [-0.3, -0.25) is 9.59 Å². The van der Waals surface area contributed by atoms with Crippen LogP contribution in [0.15, 0.2) is 12.3 Å². The topological polar surface area (TPSA) is 78.6 Å². The number of ether oxygens (including phenoxy) is 2. The first-order valence-electron chi connectivity index (χ1n) is 8.39. The molecule has 23 heavy (non-hydrogen) atoms. The van der Waals surface area contributed by atoms with E-state index in [2.05, 4.69) is 20.4 Å². The van der Waals surface area contributed by atoms with E-state index in [0.717, 1.165) is 6.42 Å². The van der Waals surface area contributed by atoms with Gasteiger partial charge in [-0.15, -0.1) is 0 Å². The summed E-state index contributed by atoms with van der Waals surface area (Å²) >= 11 is 0. The number of esters is 2. The van der Waals surface area contributed by atoms with Gasteiger partial charge in [0.2, 0.25) is 0 Å². The molecule has 2 aliphatic rings. The van der Waals surface area contributed by atoms with Crippen LogP contribution >= 0.6 is 0 Å². The Bertz CT molecular complexity index is 508. The fourth-order valence-electron chi connectivity index (χ4n) is 4.27. The second kappa shape index (κ2) is 6.27. The molecule has 2 N–H and O–H groups in total. The first kappa shape index (κ1) is 18.0. The van der Waals surface area contributed by atoms with Crippen LogP contribution in [0, 0.1) is 35.5 Å². The Kier molecular flexibility index (Phi) is 4.90. The Labute approximate surface area is 138 Å². The molecule has 5 heteroatoms. The van der Waals surface area contributed by atoms with Gasteiger partial charge in [-0.2, -0.15) is 0 Å². The first-order chi connectivity index (χ1) is 10.6. The van der Waals surface area contributed by atoms with Crippen molar-refractivity contribution in [3.8, 4) is 0 Å². The fourth-order valence-corrected chi connectivity index (χ4v) is 4.27. The molecule has 2 aliphatic carbocycles. The van der Waals surface area contributed by atoms with Crippen molar-refractivity contribution in [1.29, 1.82) is 0 Å². The maximum Gasteiger partial charge on any atom is 0.315 e. The maximum atomic E-state index is 12.7. The summed E-state index contributed by atoms with van der Waals surface area (Å²) in [4.78, 5) is 25.3. The van der Waals surface area contributed by atoms with E-state index in [1.165, 1.54) is 0 Å². The lowest BCUT2D eigenvalue weighted by molar-refractivity contribution is -0.171. The van der Waals surface area contributed by atoms with E-state index in [9.17, 15) is 9.59 Å². The summed E-state index contributed by atoms with van der Waals surface area (Å²) in [7, 11) is 0. The third kappa shape index (κ3) is 3.44. The number of carbonyl (C=O) groups excluding carboxylic acids is 2. The number of hydrogen-bond acceptors (Lipinski definition) is 5. The lowest BCUT2D eigenvalue weighted by atomic mass is 9.69. The minimum atomic E-state index is -0.566. The van der Waals surface area contributed by atoms with Crippen molar-refractivity contribution in [3.63, 3.8) is 0 Å². The fraction of sp³-hybridized carbons (Fsp3) is 0.778. The number of carbonyl (C=O) groups is 2. The highest BCUT2D eigenvalue weighted by Crippen LogP contribution is 2.58. The predicted octanol–water partition coefficient (Wildman–Crippen LogP) is 2.50. The van der Waals surface area contributed by atoms with Crippen molar-refractivity contribution in [2.45, 2.75) is 46.6 Å². The minimum Gasteiger partial charge on any atom is -0.460 e.